The van der Waals surface area contributed by atoms with Gasteiger partial charge in [-0.3, -0.25) is 14.2 Å². The number of nitrogens with one attached hydrogen (secondary N) is 1. The van der Waals surface area contributed by atoms with Crippen molar-refractivity contribution in [2.75, 3.05) is 6.54 Å². The molecule has 1 rings (SSSR count). The minimum Gasteiger partial charge on any atom is -0.302 e. The Morgan fingerprint density at radius 3 is 2.39 bits per heavy atom. The van der Waals surface area contributed by atoms with E-state index in [1.807, 2.05) is 4.72 Å². The van der Waals surface area contributed by atoms with Gasteiger partial charge in [-0.1, -0.05) is 0 Å². The lowest BCUT2D eigenvalue weighted by molar-refractivity contribution is -0.115. The van der Waals surface area contributed by atoms with Gasteiger partial charge in [-0.25, -0.2) is 17.9 Å². The number of carbonyl (C=O) groups is 1. The van der Waals surface area contributed by atoms with Gasteiger partial charge in [0.1, 0.15) is 5.78 Å². The number of Topliss-reactive ketones (excluding diaryl/α,β-unsaturated/α-hetero) is 1. The first-order valence-electron chi connectivity index (χ1n) is 4.92. The summed E-state index contributed by atoms with van der Waals surface area (Å²) in [6, 6.07) is 0. The zero-order valence-corrected chi connectivity index (χ0v) is 10.9. The Morgan fingerprint density at radius 1 is 1.33 bits per heavy atom. The van der Waals surface area contributed by atoms with Crippen LogP contribution in [0.15, 0.2) is 20.7 Å². The van der Waals surface area contributed by atoms with Crippen LogP contribution in [-0.4, -0.2) is 29.9 Å². The van der Waals surface area contributed by atoms with Crippen LogP contribution >= 0.6 is 0 Å². The first-order chi connectivity index (χ1) is 8.16. The largest absolute Gasteiger partial charge is 0.330 e. The Balaban J connectivity index is 3.39. The normalized spacial score (nSPS) is 11.5. The van der Waals surface area contributed by atoms with Gasteiger partial charge >= 0.3 is 5.69 Å². The summed E-state index contributed by atoms with van der Waals surface area (Å²) in [7, 11) is -1.61. The van der Waals surface area contributed by atoms with E-state index in [9.17, 15) is 22.8 Å². The molecule has 1 N–H and O–H groups in total. The molecule has 0 spiro atoms. The number of rotatable bonds is 4. The first-order valence-corrected chi connectivity index (χ1v) is 6.41. The van der Waals surface area contributed by atoms with Crippen molar-refractivity contribution in [3.63, 3.8) is 0 Å². The predicted octanol–water partition coefficient (Wildman–Crippen LogP) is -2.05. The lowest BCUT2D eigenvalue weighted by Crippen LogP contribution is -2.42. The molecular formula is C9H13N3O5S. The van der Waals surface area contributed by atoms with Crippen molar-refractivity contribution < 1.29 is 13.2 Å². The van der Waals surface area contributed by atoms with Crippen molar-refractivity contribution in [3.05, 3.63) is 27.0 Å². The van der Waals surface area contributed by atoms with Crippen molar-refractivity contribution in [1.29, 1.82) is 0 Å². The fraction of sp³-hybridized carbons (Fsp3) is 0.444. The van der Waals surface area contributed by atoms with E-state index in [2.05, 4.69) is 0 Å². The average molecular weight is 275 g/mol. The Labute approximate surface area is 103 Å². The molecule has 0 unspecified atom stereocenters. The maximum Gasteiger partial charge on any atom is 0.330 e. The lowest BCUT2D eigenvalue weighted by Gasteiger charge is -2.07. The zero-order chi connectivity index (χ0) is 14.1. The molecule has 0 aromatic carbocycles. The molecule has 0 aliphatic carbocycles. The molecule has 0 fully saturated rings. The van der Waals surface area contributed by atoms with Crippen molar-refractivity contribution in [3.8, 4) is 0 Å². The van der Waals surface area contributed by atoms with Crippen LogP contribution in [0.1, 0.15) is 6.92 Å². The summed E-state index contributed by atoms with van der Waals surface area (Å²) >= 11 is 0. The third-order valence-electron chi connectivity index (χ3n) is 2.22. The van der Waals surface area contributed by atoms with Crippen LogP contribution in [0, 0.1) is 0 Å². The van der Waals surface area contributed by atoms with Crippen LogP contribution in [0.3, 0.4) is 0 Å². The Kier molecular flexibility index (Phi) is 3.87. The van der Waals surface area contributed by atoms with Crippen LogP contribution in [-0.2, 0) is 28.9 Å². The predicted molar refractivity (Wildman–Crippen MR) is 62.8 cm³/mol. The van der Waals surface area contributed by atoms with Crippen LogP contribution < -0.4 is 16.0 Å². The molecule has 0 atom stereocenters. The van der Waals surface area contributed by atoms with Crippen LogP contribution in [0.2, 0.25) is 0 Å². The van der Waals surface area contributed by atoms with Gasteiger partial charge in [0.25, 0.3) is 5.56 Å². The second-order valence-electron chi connectivity index (χ2n) is 3.78. The van der Waals surface area contributed by atoms with E-state index in [0.29, 0.717) is 4.57 Å². The monoisotopic (exact) mass is 275 g/mol. The van der Waals surface area contributed by atoms with Crippen molar-refractivity contribution >= 4 is 15.8 Å². The summed E-state index contributed by atoms with van der Waals surface area (Å²) in [5.74, 6) is -0.389. The van der Waals surface area contributed by atoms with E-state index in [4.69, 9.17) is 0 Å². The number of hydrogen-bond donors (Lipinski definition) is 1. The van der Waals surface area contributed by atoms with Gasteiger partial charge in [-0.15, -0.1) is 0 Å². The molecule has 9 heteroatoms. The Bertz CT molecular complexity index is 698. The van der Waals surface area contributed by atoms with Gasteiger partial charge in [-0.2, -0.15) is 0 Å². The molecule has 0 saturated carbocycles. The molecule has 8 nitrogen and oxygen atoms in total. The van der Waals surface area contributed by atoms with Crippen molar-refractivity contribution in [2.24, 2.45) is 14.1 Å². The summed E-state index contributed by atoms with van der Waals surface area (Å²) in [5, 5.41) is 0. The topological polar surface area (TPSA) is 107 Å². The van der Waals surface area contributed by atoms with Gasteiger partial charge in [0.05, 0.1) is 6.54 Å². The molecule has 1 heterocycles. The second kappa shape index (κ2) is 4.86. The van der Waals surface area contributed by atoms with Gasteiger partial charge in [0.2, 0.25) is 10.0 Å². The minimum atomic E-state index is -4.11. The third kappa shape index (κ3) is 2.74. The van der Waals surface area contributed by atoms with Gasteiger partial charge < -0.3 is 4.57 Å². The molecule has 1 aromatic heterocycles. The van der Waals surface area contributed by atoms with Crippen LogP contribution in [0.25, 0.3) is 0 Å². The smallest absolute Gasteiger partial charge is 0.302 e. The number of carbonyl (C=O) groups excluding carboxylic acids is 1. The fourth-order valence-electron chi connectivity index (χ4n) is 1.23. The first kappa shape index (κ1) is 14.3. The minimum absolute atomic E-state index is 0.389. The second-order valence-corrected chi connectivity index (χ2v) is 5.51. The number of aromatic nitrogens is 2. The maximum absolute atomic E-state index is 11.8. The van der Waals surface area contributed by atoms with Gasteiger partial charge in [0, 0.05) is 20.3 Å². The number of hydrogen-bond acceptors (Lipinski definition) is 5. The standard InChI is InChI=1S/C9H13N3O5S/c1-6(13)4-10-18(16,17)7-5-11(2)9(15)12(3)8(7)14/h5,10H,4H2,1-3H3. The Morgan fingerprint density at radius 2 is 1.89 bits per heavy atom. The molecule has 0 saturated heterocycles. The molecule has 0 radical (unpaired) electrons. The summed E-state index contributed by atoms with van der Waals surface area (Å²) in [6.45, 7) is 0.801. The van der Waals surface area contributed by atoms with Crippen LogP contribution in [0.5, 0.6) is 0 Å². The molecule has 1 aromatic rings. The van der Waals surface area contributed by atoms with Crippen molar-refractivity contribution in [1.82, 2.24) is 13.9 Å². The maximum atomic E-state index is 11.8. The highest BCUT2D eigenvalue weighted by Gasteiger charge is 2.21. The lowest BCUT2D eigenvalue weighted by atomic mass is 10.5. The molecular weight excluding hydrogens is 262 g/mol. The molecule has 0 aliphatic heterocycles. The quantitative estimate of drug-likeness (QED) is 0.680. The highest BCUT2D eigenvalue weighted by Crippen LogP contribution is 1.99. The van der Waals surface area contributed by atoms with E-state index in [0.717, 1.165) is 10.8 Å². The SMILES string of the molecule is CC(=O)CNS(=O)(=O)c1cn(C)c(=O)n(C)c1=O. The molecule has 100 valence electrons. The molecule has 0 aliphatic rings. The highest BCUT2D eigenvalue weighted by atomic mass is 32.2. The summed E-state index contributed by atoms with van der Waals surface area (Å²) in [6.07, 6.45) is 0.924. The van der Waals surface area contributed by atoms with E-state index in [1.165, 1.54) is 21.0 Å². The van der Waals surface area contributed by atoms with E-state index in [-0.39, 0.29) is 5.78 Å². The van der Waals surface area contributed by atoms with Gasteiger partial charge in [-0.05, 0) is 6.92 Å². The Hall–Kier alpha value is -1.74. The summed E-state index contributed by atoms with van der Waals surface area (Å²) < 4.78 is 27.2. The van der Waals surface area contributed by atoms with E-state index < -0.39 is 32.7 Å². The van der Waals surface area contributed by atoms with E-state index >= 15 is 0 Å². The summed E-state index contributed by atoms with van der Waals surface area (Å²) in [5.41, 5.74) is -1.57. The number of ketones is 1. The highest BCUT2D eigenvalue weighted by molar-refractivity contribution is 7.89. The number of aryl methyl sites for hydroxylation is 1. The van der Waals surface area contributed by atoms with E-state index in [1.54, 1.807) is 0 Å². The average Bonchev–Trinajstić information content (AvgIpc) is 2.28. The number of sulfonamides is 1. The zero-order valence-electron chi connectivity index (χ0n) is 10.1. The third-order valence-corrected chi connectivity index (χ3v) is 3.60. The molecule has 0 bridgehead atoms. The fourth-order valence-corrected chi connectivity index (χ4v) is 2.45. The van der Waals surface area contributed by atoms with Crippen LogP contribution in [0.4, 0.5) is 0 Å². The van der Waals surface area contributed by atoms with Crippen molar-refractivity contribution in [2.45, 2.75) is 11.8 Å². The van der Waals surface area contributed by atoms with Gasteiger partial charge in [0.15, 0.2) is 4.90 Å². The molecule has 18 heavy (non-hydrogen) atoms. The summed E-state index contributed by atoms with van der Waals surface area (Å²) in [4.78, 5) is 33.2. The number of nitrogens with zero attached hydrogens (tertiary/aromatic N) is 2. The molecule has 0 amide bonds.